The van der Waals surface area contributed by atoms with Gasteiger partial charge < -0.3 is 16.3 Å². The van der Waals surface area contributed by atoms with Crippen molar-refractivity contribution in [1.29, 1.82) is 0 Å². The molecule has 2 rings (SSSR count). The lowest BCUT2D eigenvalue weighted by atomic mass is 10.1. The van der Waals surface area contributed by atoms with Crippen molar-refractivity contribution in [3.8, 4) is 0 Å². The number of para-hydroxylation sites is 1. The van der Waals surface area contributed by atoms with Gasteiger partial charge in [0.1, 0.15) is 5.82 Å². The van der Waals surface area contributed by atoms with Crippen molar-refractivity contribution in [2.24, 2.45) is 10.9 Å². The van der Waals surface area contributed by atoms with Crippen molar-refractivity contribution in [2.75, 3.05) is 5.32 Å². The molecule has 0 heterocycles. The Hall–Kier alpha value is -2.27. The van der Waals surface area contributed by atoms with Gasteiger partial charge in [-0.15, -0.1) is 0 Å². The first-order valence-corrected chi connectivity index (χ1v) is 6.65. The third-order valence-corrected chi connectivity index (χ3v) is 3.37. The predicted molar refractivity (Wildman–Crippen MR) is 82.4 cm³/mol. The minimum Gasteiger partial charge on any atom is -0.409 e. The number of amidine groups is 1. The summed E-state index contributed by atoms with van der Waals surface area (Å²) >= 11 is 6.12. The molecule has 2 aromatic carbocycles. The van der Waals surface area contributed by atoms with Gasteiger partial charge in [-0.2, -0.15) is 0 Å². The second kappa shape index (κ2) is 6.45. The summed E-state index contributed by atoms with van der Waals surface area (Å²) in [6, 6.07) is 9.82. The summed E-state index contributed by atoms with van der Waals surface area (Å²) < 4.78 is 13.6. The maximum absolute atomic E-state index is 13.6. The minimum atomic E-state index is -0.452. The molecular formula is C15H15ClFN3O. The first-order valence-electron chi connectivity index (χ1n) is 6.27. The highest BCUT2D eigenvalue weighted by atomic mass is 35.5. The Labute approximate surface area is 127 Å². The number of hydrogen-bond acceptors (Lipinski definition) is 3. The predicted octanol–water partition coefficient (Wildman–Crippen LogP) is 3.49. The first-order chi connectivity index (χ1) is 10.0. The second-order valence-corrected chi connectivity index (χ2v) is 5.03. The van der Waals surface area contributed by atoms with Crippen LogP contribution in [0.4, 0.5) is 10.1 Å². The molecule has 0 unspecified atom stereocenters. The van der Waals surface area contributed by atoms with Gasteiger partial charge in [-0.1, -0.05) is 28.9 Å². The van der Waals surface area contributed by atoms with Gasteiger partial charge >= 0.3 is 0 Å². The fraction of sp³-hybridized carbons (Fsp3) is 0.133. The summed E-state index contributed by atoms with van der Waals surface area (Å²) in [7, 11) is 0. The Bertz CT molecular complexity index is 668. The number of nitrogens with two attached hydrogens (primary N) is 1. The number of hydrogen-bond donors (Lipinski definition) is 3. The van der Waals surface area contributed by atoms with Gasteiger partial charge in [0.25, 0.3) is 0 Å². The molecule has 0 radical (unpaired) electrons. The molecule has 0 aliphatic carbocycles. The van der Waals surface area contributed by atoms with Gasteiger partial charge in [-0.05, 0) is 42.3 Å². The van der Waals surface area contributed by atoms with Crippen molar-refractivity contribution in [1.82, 2.24) is 0 Å². The smallest absolute Gasteiger partial charge is 0.170 e. The number of benzene rings is 2. The third-order valence-electron chi connectivity index (χ3n) is 3.05. The summed E-state index contributed by atoms with van der Waals surface area (Å²) in [4.78, 5) is 0. The maximum atomic E-state index is 13.6. The Balaban J connectivity index is 2.22. The zero-order valence-corrected chi connectivity index (χ0v) is 12.2. The molecule has 4 nitrogen and oxygen atoms in total. The molecule has 0 saturated heterocycles. The molecule has 0 fully saturated rings. The fourth-order valence-electron chi connectivity index (χ4n) is 2.00. The molecule has 0 aliphatic rings. The number of aryl methyl sites for hydroxylation is 1. The van der Waals surface area contributed by atoms with Crippen LogP contribution in [0.15, 0.2) is 41.6 Å². The van der Waals surface area contributed by atoms with E-state index in [0.717, 1.165) is 11.3 Å². The molecule has 110 valence electrons. The zero-order chi connectivity index (χ0) is 15.4. The molecule has 21 heavy (non-hydrogen) atoms. The summed E-state index contributed by atoms with van der Waals surface area (Å²) in [5, 5.41) is 15.3. The van der Waals surface area contributed by atoms with E-state index in [1.807, 2.05) is 19.1 Å². The van der Waals surface area contributed by atoms with Crippen LogP contribution in [0.5, 0.6) is 0 Å². The molecule has 0 amide bonds. The highest BCUT2D eigenvalue weighted by molar-refractivity contribution is 6.33. The number of halogens is 2. The Morgan fingerprint density at radius 1 is 1.38 bits per heavy atom. The molecule has 0 saturated carbocycles. The van der Waals surface area contributed by atoms with Crippen LogP contribution >= 0.6 is 11.6 Å². The Morgan fingerprint density at radius 2 is 2.14 bits per heavy atom. The summed E-state index contributed by atoms with van der Waals surface area (Å²) in [6.45, 7) is 2.30. The van der Waals surface area contributed by atoms with Crippen LogP contribution in [0.3, 0.4) is 0 Å². The molecule has 0 bridgehead atoms. The average Bonchev–Trinajstić information content (AvgIpc) is 2.45. The van der Waals surface area contributed by atoms with E-state index in [9.17, 15) is 4.39 Å². The minimum absolute atomic E-state index is 0.135. The Morgan fingerprint density at radius 3 is 2.81 bits per heavy atom. The van der Waals surface area contributed by atoms with Crippen LogP contribution in [0.2, 0.25) is 5.02 Å². The highest BCUT2D eigenvalue weighted by Crippen LogP contribution is 2.25. The lowest BCUT2D eigenvalue weighted by molar-refractivity contribution is 0.318. The van der Waals surface area contributed by atoms with E-state index < -0.39 is 5.82 Å². The zero-order valence-electron chi connectivity index (χ0n) is 11.4. The highest BCUT2D eigenvalue weighted by Gasteiger charge is 2.07. The third kappa shape index (κ3) is 3.64. The number of oxime groups is 1. The molecule has 0 atom stereocenters. The average molecular weight is 308 g/mol. The van der Waals surface area contributed by atoms with Gasteiger partial charge in [0.2, 0.25) is 0 Å². The fourth-order valence-corrected chi connectivity index (χ4v) is 2.29. The molecule has 6 heteroatoms. The second-order valence-electron chi connectivity index (χ2n) is 4.62. The molecular weight excluding hydrogens is 293 g/mol. The number of nitrogens with one attached hydrogen (secondary N) is 1. The molecule has 0 spiro atoms. The number of rotatable bonds is 4. The topological polar surface area (TPSA) is 70.6 Å². The van der Waals surface area contributed by atoms with Crippen molar-refractivity contribution >= 4 is 23.1 Å². The standard InChI is InChI=1S/C15H15ClFN3O/c1-9-3-2-4-13(16)14(9)19-8-10-5-11(15(18)20-21)7-12(17)6-10/h2-7,19,21H,8H2,1H3,(H2,18,20). The van der Waals surface area contributed by atoms with Crippen molar-refractivity contribution < 1.29 is 9.60 Å². The summed E-state index contributed by atoms with van der Waals surface area (Å²) in [6.07, 6.45) is 0. The van der Waals surface area contributed by atoms with Crippen LogP contribution in [0, 0.1) is 12.7 Å². The molecule has 0 aromatic heterocycles. The van der Waals surface area contributed by atoms with E-state index in [1.54, 1.807) is 12.1 Å². The van der Waals surface area contributed by atoms with Crippen molar-refractivity contribution in [3.63, 3.8) is 0 Å². The van der Waals surface area contributed by atoms with E-state index >= 15 is 0 Å². The van der Waals surface area contributed by atoms with Crippen LogP contribution in [-0.4, -0.2) is 11.0 Å². The van der Waals surface area contributed by atoms with Crippen LogP contribution in [-0.2, 0) is 6.54 Å². The first kappa shape index (κ1) is 15.1. The van der Waals surface area contributed by atoms with Crippen molar-refractivity contribution in [2.45, 2.75) is 13.5 Å². The normalized spacial score (nSPS) is 11.5. The molecule has 4 N–H and O–H groups in total. The summed E-state index contributed by atoms with van der Waals surface area (Å²) in [5.41, 5.74) is 8.26. The van der Waals surface area contributed by atoms with E-state index in [-0.39, 0.29) is 5.84 Å². The largest absolute Gasteiger partial charge is 0.409 e. The van der Waals surface area contributed by atoms with Gasteiger partial charge in [-0.25, -0.2) is 4.39 Å². The molecule has 2 aromatic rings. The molecule has 0 aliphatic heterocycles. The van der Waals surface area contributed by atoms with E-state index in [2.05, 4.69) is 10.5 Å². The van der Waals surface area contributed by atoms with E-state index in [4.69, 9.17) is 22.5 Å². The summed E-state index contributed by atoms with van der Waals surface area (Å²) in [5.74, 6) is -0.587. The quantitative estimate of drug-likeness (QED) is 0.350. The lowest BCUT2D eigenvalue weighted by Crippen LogP contribution is -2.14. The van der Waals surface area contributed by atoms with Crippen molar-refractivity contribution in [3.05, 3.63) is 63.9 Å². The van der Waals surface area contributed by atoms with Crippen LogP contribution in [0.25, 0.3) is 0 Å². The SMILES string of the molecule is Cc1cccc(Cl)c1NCc1cc(F)cc(/C(N)=N/O)c1. The maximum Gasteiger partial charge on any atom is 0.170 e. The van der Waals surface area contributed by atoms with Gasteiger partial charge in [0.05, 0.1) is 10.7 Å². The van der Waals surface area contributed by atoms with E-state index in [1.165, 1.54) is 12.1 Å². The monoisotopic (exact) mass is 307 g/mol. The van der Waals surface area contributed by atoms with Crippen LogP contribution < -0.4 is 11.1 Å². The number of nitrogens with zero attached hydrogens (tertiary/aromatic N) is 1. The van der Waals surface area contributed by atoms with Gasteiger partial charge in [0.15, 0.2) is 5.84 Å². The van der Waals surface area contributed by atoms with Crippen LogP contribution in [0.1, 0.15) is 16.7 Å². The lowest BCUT2D eigenvalue weighted by Gasteiger charge is -2.12. The Kier molecular flexibility index (Phi) is 4.65. The number of anilines is 1. The van der Waals surface area contributed by atoms with E-state index in [0.29, 0.717) is 22.7 Å². The van der Waals surface area contributed by atoms with Gasteiger partial charge in [0, 0.05) is 12.1 Å². The van der Waals surface area contributed by atoms with Gasteiger partial charge in [-0.3, -0.25) is 0 Å².